The van der Waals surface area contributed by atoms with E-state index in [1.54, 1.807) is 23.1 Å². The van der Waals surface area contributed by atoms with Gasteiger partial charge in [0.05, 0.1) is 10.5 Å². The molecule has 0 unspecified atom stereocenters. The molecule has 0 radical (unpaired) electrons. The van der Waals surface area contributed by atoms with Crippen LogP contribution in [0.3, 0.4) is 0 Å². The predicted molar refractivity (Wildman–Crippen MR) is 64.2 cm³/mol. The summed E-state index contributed by atoms with van der Waals surface area (Å²) >= 11 is 9.17. The molecule has 0 atom stereocenters. The summed E-state index contributed by atoms with van der Waals surface area (Å²) in [6.45, 7) is 0. The summed E-state index contributed by atoms with van der Waals surface area (Å²) in [5.41, 5.74) is 0.424. The molecule has 0 fully saturated rings. The van der Waals surface area contributed by atoms with Gasteiger partial charge in [-0.2, -0.15) is 5.26 Å². The Bertz CT molecular complexity index is 496. The molecule has 1 aromatic heterocycles. The SMILES string of the molecule is CSc1nc2c(s1)CC(Cl)=C(C#N)C=N2. The summed E-state index contributed by atoms with van der Waals surface area (Å²) in [7, 11) is 0. The average Bonchev–Trinajstić information content (AvgIpc) is 2.55. The lowest BCUT2D eigenvalue weighted by Gasteiger charge is -1.93. The van der Waals surface area contributed by atoms with Gasteiger partial charge in [0.1, 0.15) is 6.07 Å². The van der Waals surface area contributed by atoms with E-state index in [0.29, 0.717) is 22.8 Å². The highest BCUT2D eigenvalue weighted by atomic mass is 35.5. The van der Waals surface area contributed by atoms with Gasteiger partial charge in [-0.25, -0.2) is 9.98 Å². The number of aliphatic imine (C=N–C) groups is 1. The van der Waals surface area contributed by atoms with Crippen LogP contribution < -0.4 is 0 Å². The fourth-order valence-electron chi connectivity index (χ4n) is 1.15. The Morgan fingerprint density at radius 2 is 2.47 bits per heavy atom. The van der Waals surface area contributed by atoms with E-state index in [1.807, 2.05) is 12.3 Å². The monoisotopic (exact) mass is 255 g/mol. The minimum absolute atomic E-state index is 0.424. The quantitative estimate of drug-likeness (QED) is 0.725. The van der Waals surface area contributed by atoms with Crippen molar-refractivity contribution in [2.75, 3.05) is 6.26 Å². The van der Waals surface area contributed by atoms with Gasteiger partial charge in [-0.3, -0.25) is 0 Å². The molecule has 0 saturated carbocycles. The van der Waals surface area contributed by atoms with Crippen molar-refractivity contribution in [1.82, 2.24) is 4.98 Å². The van der Waals surface area contributed by atoms with Crippen LogP contribution in [-0.2, 0) is 6.42 Å². The van der Waals surface area contributed by atoms with Crippen molar-refractivity contribution in [3.05, 3.63) is 15.5 Å². The highest BCUT2D eigenvalue weighted by molar-refractivity contribution is 8.00. The third kappa shape index (κ3) is 2.07. The van der Waals surface area contributed by atoms with E-state index in [4.69, 9.17) is 16.9 Å². The molecule has 0 saturated heterocycles. The van der Waals surface area contributed by atoms with Crippen LogP contribution >= 0.6 is 34.7 Å². The van der Waals surface area contributed by atoms with Crippen molar-refractivity contribution in [1.29, 1.82) is 5.26 Å². The summed E-state index contributed by atoms with van der Waals surface area (Å²) in [5.74, 6) is 0.688. The number of rotatable bonds is 1. The smallest absolute Gasteiger partial charge is 0.167 e. The van der Waals surface area contributed by atoms with Crippen LogP contribution in [0, 0.1) is 11.3 Å². The van der Waals surface area contributed by atoms with E-state index in [1.165, 1.54) is 6.21 Å². The predicted octanol–water partition coefficient (Wildman–Crippen LogP) is 3.14. The lowest BCUT2D eigenvalue weighted by atomic mass is 10.2. The van der Waals surface area contributed by atoms with E-state index in [-0.39, 0.29) is 0 Å². The molecule has 0 amide bonds. The maximum absolute atomic E-state index is 8.80. The van der Waals surface area contributed by atoms with E-state index in [9.17, 15) is 0 Å². The van der Waals surface area contributed by atoms with Crippen molar-refractivity contribution in [3.63, 3.8) is 0 Å². The highest BCUT2D eigenvalue weighted by Crippen LogP contribution is 2.35. The Balaban J connectivity index is 2.44. The number of nitriles is 1. The maximum atomic E-state index is 8.80. The van der Waals surface area contributed by atoms with E-state index < -0.39 is 0 Å². The van der Waals surface area contributed by atoms with Crippen LogP contribution in [0.25, 0.3) is 0 Å². The molecule has 3 nitrogen and oxygen atoms in total. The largest absolute Gasteiger partial charge is 0.235 e. The number of hydrogen-bond acceptors (Lipinski definition) is 5. The number of thioether (sulfide) groups is 1. The molecular formula is C9H6ClN3S2. The van der Waals surface area contributed by atoms with Crippen LogP contribution in [0.4, 0.5) is 5.82 Å². The molecule has 0 aliphatic carbocycles. The fourth-order valence-corrected chi connectivity index (χ4v) is 3.01. The van der Waals surface area contributed by atoms with Gasteiger partial charge in [-0.05, 0) is 6.26 Å². The van der Waals surface area contributed by atoms with Gasteiger partial charge in [0.25, 0.3) is 0 Å². The van der Waals surface area contributed by atoms with E-state index in [2.05, 4.69) is 9.98 Å². The molecular weight excluding hydrogens is 250 g/mol. The Morgan fingerprint density at radius 3 is 3.13 bits per heavy atom. The molecule has 1 aliphatic rings. The Morgan fingerprint density at radius 1 is 1.67 bits per heavy atom. The zero-order chi connectivity index (χ0) is 10.8. The molecule has 2 heterocycles. The van der Waals surface area contributed by atoms with Gasteiger partial charge >= 0.3 is 0 Å². The third-order valence-electron chi connectivity index (χ3n) is 1.88. The zero-order valence-corrected chi connectivity index (χ0v) is 10.2. The second kappa shape index (κ2) is 4.35. The van der Waals surface area contributed by atoms with E-state index in [0.717, 1.165) is 9.22 Å². The average molecular weight is 256 g/mol. The van der Waals surface area contributed by atoms with Crippen molar-refractivity contribution < 1.29 is 0 Å². The molecule has 1 aliphatic heterocycles. The first-order chi connectivity index (χ1) is 7.24. The topological polar surface area (TPSA) is 49.0 Å². The minimum atomic E-state index is 0.424. The van der Waals surface area contributed by atoms with Gasteiger partial charge in [0.15, 0.2) is 10.2 Å². The summed E-state index contributed by atoms with van der Waals surface area (Å²) in [4.78, 5) is 9.49. The molecule has 0 aromatic carbocycles. The lowest BCUT2D eigenvalue weighted by molar-refractivity contribution is 1.19. The molecule has 2 rings (SSSR count). The molecule has 15 heavy (non-hydrogen) atoms. The molecule has 6 heteroatoms. The van der Waals surface area contributed by atoms with Crippen LogP contribution in [0.5, 0.6) is 0 Å². The van der Waals surface area contributed by atoms with Crippen LogP contribution in [-0.4, -0.2) is 17.5 Å². The second-order valence-corrected chi connectivity index (χ2v) is 5.39. The van der Waals surface area contributed by atoms with Gasteiger partial charge < -0.3 is 0 Å². The third-order valence-corrected chi connectivity index (χ3v) is 4.24. The van der Waals surface area contributed by atoms with Crippen molar-refractivity contribution in [2.24, 2.45) is 4.99 Å². The number of nitrogens with zero attached hydrogens (tertiary/aromatic N) is 3. The van der Waals surface area contributed by atoms with Crippen molar-refractivity contribution in [2.45, 2.75) is 10.8 Å². The number of halogens is 1. The maximum Gasteiger partial charge on any atom is 0.167 e. The number of aromatic nitrogens is 1. The fraction of sp³-hybridized carbons (Fsp3) is 0.222. The van der Waals surface area contributed by atoms with Crippen LogP contribution in [0.15, 0.2) is 19.9 Å². The number of thiazole rings is 1. The van der Waals surface area contributed by atoms with Crippen LogP contribution in [0.1, 0.15) is 4.88 Å². The summed E-state index contributed by atoms with van der Waals surface area (Å²) in [5, 5.41) is 9.34. The summed E-state index contributed by atoms with van der Waals surface area (Å²) in [6.07, 6.45) is 4.01. The number of allylic oxidation sites excluding steroid dienone is 2. The molecule has 0 spiro atoms. The Labute approximate surface area is 100 Å². The van der Waals surface area contributed by atoms with Gasteiger partial charge in [-0.15, -0.1) is 11.3 Å². The van der Waals surface area contributed by atoms with Crippen molar-refractivity contribution >= 4 is 46.7 Å². The molecule has 76 valence electrons. The van der Waals surface area contributed by atoms with Gasteiger partial charge in [-0.1, -0.05) is 23.4 Å². The highest BCUT2D eigenvalue weighted by Gasteiger charge is 2.16. The molecule has 0 N–H and O–H groups in total. The van der Waals surface area contributed by atoms with Crippen LogP contribution in [0.2, 0.25) is 0 Å². The normalized spacial score (nSPS) is 14.7. The standard InChI is InChI=1S/C9H6ClN3S2/c1-14-9-13-8-7(15-9)2-6(10)5(3-11)4-12-8/h4H,2H2,1H3. The Kier molecular flexibility index (Phi) is 3.10. The lowest BCUT2D eigenvalue weighted by Crippen LogP contribution is -1.85. The zero-order valence-electron chi connectivity index (χ0n) is 7.82. The molecule has 1 aromatic rings. The second-order valence-electron chi connectivity index (χ2n) is 2.80. The van der Waals surface area contributed by atoms with Gasteiger partial charge in [0.2, 0.25) is 0 Å². The Hall–Kier alpha value is -0.830. The first kappa shape index (κ1) is 10.7. The first-order valence-electron chi connectivity index (χ1n) is 4.11. The number of fused-ring (bicyclic) bond motifs is 1. The number of hydrogen-bond donors (Lipinski definition) is 0. The first-order valence-corrected chi connectivity index (χ1v) is 6.53. The van der Waals surface area contributed by atoms with Crippen molar-refractivity contribution in [3.8, 4) is 6.07 Å². The summed E-state index contributed by atoms with van der Waals surface area (Å²) in [6, 6.07) is 2.02. The summed E-state index contributed by atoms with van der Waals surface area (Å²) < 4.78 is 0.974. The van der Waals surface area contributed by atoms with Gasteiger partial charge in [0, 0.05) is 17.7 Å². The van der Waals surface area contributed by atoms with E-state index >= 15 is 0 Å². The minimum Gasteiger partial charge on any atom is -0.235 e. The molecule has 0 bridgehead atoms.